The lowest BCUT2D eigenvalue weighted by atomic mass is 10.4. The summed E-state index contributed by atoms with van der Waals surface area (Å²) >= 11 is 1.12. The van der Waals surface area contributed by atoms with Gasteiger partial charge in [0.1, 0.15) is 4.88 Å². The zero-order valence-corrected chi connectivity index (χ0v) is 12.7. The zero-order chi connectivity index (χ0) is 15.4. The summed E-state index contributed by atoms with van der Waals surface area (Å²) in [7, 11) is 0. The average Bonchev–Trinajstić information content (AvgIpc) is 3.16. The Bertz CT molecular complexity index is 547. The molecule has 1 amide bonds. The molecule has 7 heteroatoms. The van der Waals surface area contributed by atoms with E-state index in [4.69, 9.17) is 9.47 Å². The molecule has 1 aliphatic carbocycles. The minimum atomic E-state index is -0.604. The van der Waals surface area contributed by atoms with Crippen LogP contribution in [-0.2, 0) is 19.1 Å². The van der Waals surface area contributed by atoms with Crippen molar-refractivity contribution >= 4 is 34.2 Å². The van der Waals surface area contributed by atoms with Crippen LogP contribution in [0.25, 0.3) is 0 Å². The molecule has 0 atom stereocenters. The predicted molar refractivity (Wildman–Crippen MR) is 77.2 cm³/mol. The standard InChI is InChI=1S/C14H17NO5S/c1-8(2)20-12(16)7-19-14(18)10-5-6-11(21-10)15-13(17)9-3-4-9/h5-6,8-9H,3-4,7H2,1-2H3,(H,15,17). The lowest BCUT2D eigenvalue weighted by Gasteiger charge is -2.07. The molecule has 1 N–H and O–H groups in total. The summed E-state index contributed by atoms with van der Waals surface area (Å²) < 4.78 is 9.71. The van der Waals surface area contributed by atoms with Crippen molar-refractivity contribution in [1.82, 2.24) is 0 Å². The van der Waals surface area contributed by atoms with Gasteiger partial charge in [0.25, 0.3) is 0 Å². The van der Waals surface area contributed by atoms with Crippen LogP contribution in [0.15, 0.2) is 12.1 Å². The van der Waals surface area contributed by atoms with Crippen LogP contribution in [0.1, 0.15) is 36.4 Å². The summed E-state index contributed by atoms with van der Waals surface area (Å²) in [5.74, 6) is -1.10. The van der Waals surface area contributed by atoms with E-state index in [1.54, 1.807) is 26.0 Å². The maximum Gasteiger partial charge on any atom is 0.348 e. The zero-order valence-electron chi connectivity index (χ0n) is 11.9. The van der Waals surface area contributed by atoms with E-state index in [-0.39, 0.29) is 17.9 Å². The van der Waals surface area contributed by atoms with Gasteiger partial charge in [0.05, 0.1) is 11.1 Å². The number of anilines is 1. The van der Waals surface area contributed by atoms with Crippen LogP contribution in [0.3, 0.4) is 0 Å². The maximum atomic E-state index is 11.7. The fourth-order valence-corrected chi connectivity index (χ4v) is 2.38. The number of rotatable bonds is 6. The van der Waals surface area contributed by atoms with Crippen molar-refractivity contribution in [3.05, 3.63) is 17.0 Å². The Kier molecular flexibility index (Phi) is 4.95. The first kappa shape index (κ1) is 15.5. The Morgan fingerprint density at radius 2 is 2.05 bits per heavy atom. The Morgan fingerprint density at radius 3 is 2.67 bits per heavy atom. The lowest BCUT2D eigenvalue weighted by molar-refractivity contribution is -0.150. The van der Waals surface area contributed by atoms with Gasteiger partial charge in [-0.05, 0) is 38.8 Å². The minimum Gasteiger partial charge on any atom is -0.460 e. The number of ether oxygens (including phenoxy) is 2. The molecular weight excluding hydrogens is 294 g/mol. The van der Waals surface area contributed by atoms with Gasteiger partial charge < -0.3 is 14.8 Å². The molecule has 0 aromatic carbocycles. The van der Waals surface area contributed by atoms with E-state index in [1.807, 2.05) is 0 Å². The highest BCUT2D eigenvalue weighted by molar-refractivity contribution is 7.18. The molecule has 1 aliphatic rings. The van der Waals surface area contributed by atoms with Gasteiger partial charge in [0, 0.05) is 5.92 Å². The van der Waals surface area contributed by atoms with Crippen molar-refractivity contribution in [1.29, 1.82) is 0 Å². The number of amides is 1. The third-order valence-corrected chi connectivity index (χ3v) is 3.67. The van der Waals surface area contributed by atoms with Gasteiger partial charge in [0.2, 0.25) is 5.91 Å². The molecule has 0 aliphatic heterocycles. The second kappa shape index (κ2) is 6.71. The van der Waals surface area contributed by atoms with E-state index in [0.29, 0.717) is 9.88 Å². The first-order valence-corrected chi connectivity index (χ1v) is 7.54. The van der Waals surface area contributed by atoms with Gasteiger partial charge in [0.15, 0.2) is 6.61 Å². The maximum absolute atomic E-state index is 11.7. The van der Waals surface area contributed by atoms with E-state index < -0.39 is 18.5 Å². The molecule has 0 radical (unpaired) electrons. The SMILES string of the molecule is CC(C)OC(=O)COC(=O)c1ccc(NC(=O)C2CC2)s1. The van der Waals surface area contributed by atoms with E-state index in [2.05, 4.69) is 5.32 Å². The number of esters is 2. The molecule has 1 aromatic heterocycles. The highest BCUT2D eigenvalue weighted by atomic mass is 32.1. The van der Waals surface area contributed by atoms with Crippen LogP contribution in [0.5, 0.6) is 0 Å². The van der Waals surface area contributed by atoms with Gasteiger partial charge in [-0.2, -0.15) is 0 Å². The van der Waals surface area contributed by atoms with Gasteiger partial charge >= 0.3 is 11.9 Å². The van der Waals surface area contributed by atoms with Gasteiger partial charge in [-0.25, -0.2) is 9.59 Å². The summed E-state index contributed by atoms with van der Waals surface area (Å²) in [6.07, 6.45) is 1.59. The van der Waals surface area contributed by atoms with Crippen LogP contribution in [-0.4, -0.2) is 30.6 Å². The number of carbonyl (C=O) groups excluding carboxylic acids is 3. The smallest absolute Gasteiger partial charge is 0.348 e. The second-order valence-corrected chi connectivity index (χ2v) is 6.13. The molecule has 6 nitrogen and oxygen atoms in total. The molecule has 1 saturated carbocycles. The topological polar surface area (TPSA) is 81.7 Å². The first-order valence-electron chi connectivity index (χ1n) is 6.73. The van der Waals surface area contributed by atoms with Crippen molar-refractivity contribution in [3.8, 4) is 0 Å². The molecule has 0 bridgehead atoms. The molecule has 0 spiro atoms. The number of nitrogens with one attached hydrogen (secondary N) is 1. The monoisotopic (exact) mass is 311 g/mol. The Balaban J connectivity index is 1.81. The van der Waals surface area contributed by atoms with Crippen LogP contribution in [0.4, 0.5) is 5.00 Å². The number of thiophene rings is 1. The number of hydrogen-bond donors (Lipinski definition) is 1. The van der Waals surface area contributed by atoms with Crippen molar-refractivity contribution in [2.75, 3.05) is 11.9 Å². The summed E-state index contributed by atoms with van der Waals surface area (Å²) in [5.41, 5.74) is 0. The van der Waals surface area contributed by atoms with E-state index in [1.165, 1.54) is 0 Å². The highest BCUT2D eigenvalue weighted by Gasteiger charge is 2.30. The van der Waals surface area contributed by atoms with Gasteiger partial charge in [-0.3, -0.25) is 4.79 Å². The third-order valence-electron chi connectivity index (χ3n) is 2.69. The molecule has 114 valence electrons. The molecular formula is C14H17NO5S. The van der Waals surface area contributed by atoms with Crippen LogP contribution in [0.2, 0.25) is 0 Å². The fourth-order valence-electron chi connectivity index (χ4n) is 1.58. The van der Waals surface area contributed by atoms with E-state index in [0.717, 1.165) is 24.2 Å². The van der Waals surface area contributed by atoms with Crippen molar-refractivity contribution in [3.63, 3.8) is 0 Å². The fraction of sp³-hybridized carbons (Fsp3) is 0.500. The summed E-state index contributed by atoms with van der Waals surface area (Å²) in [5, 5.41) is 3.35. The molecule has 0 saturated heterocycles. The molecule has 1 aromatic rings. The normalized spacial score (nSPS) is 13.9. The summed E-state index contributed by atoms with van der Waals surface area (Å²) in [6.45, 7) is 3.01. The van der Waals surface area contributed by atoms with Gasteiger partial charge in [-0.1, -0.05) is 0 Å². The number of carbonyl (C=O) groups is 3. The van der Waals surface area contributed by atoms with E-state index >= 15 is 0 Å². The van der Waals surface area contributed by atoms with Crippen LogP contribution < -0.4 is 5.32 Å². The molecule has 21 heavy (non-hydrogen) atoms. The Hall–Kier alpha value is -1.89. The Morgan fingerprint density at radius 1 is 1.33 bits per heavy atom. The number of hydrogen-bond acceptors (Lipinski definition) is 6. The summed E-state index contributed by atoms with van der Waals surface area (Å²) in [4.78, 5) is 34.9. The highest BCUT2D eigenvalue weighted by Crippen LogP contribution is 2.31. The average molecular weight is 311 g/mol. The molecule has 2 rings (SSSR count). The molecule has 1 fully saturated rings. The first-order chi connectivity index (χ1) is 9.95. The summed E-state index contributed by atoms with van der Waals surface area (Å²) in [6, 6.07) is 3.21. The third kappa shape index (κ3) is 4.86. The Labute approximate surface area is 126 Å². The van der Waals surface area contributed by atoms with E-state index in [9.17, 15) is 14.4 Å². The second-order valence-electron chi connectivity index (χ2n) is 5.04. The van der Waals surface area contributed by atoms with Crippen LogP contribution >= 0.6 is 11.3 Å². The largest absolute Gasteiger partial charge is 0.460 e. The minimum absolute atomic E-state index is 0.0164. The quantitative estimate of drug-likeness (QED) is 0.815. The van der Waals surface area contributed by atoms with Crippen molar-refractivity contribution in [2.24, 2.45) is 5.92 Å². The molecule has 1 heterocycles. The van der Waals surface area contributed by atoms with Gasteiger partial charge in [-0.15, -0.1) is 11.3 Å². The van der Waals surface area contributed by atoms with Crippen molar-refractivity contribution in [2.45, 2.75) is 32.8 Å². The predicted octanol–water partition coefficient (Wildman–Crippen LogP) is 2.21. The lowest BCUT2D eigenvalue weighted by Crippen LogP contribution is -2.19. The molecule has 0 unspecified atom stereocenters. The van der Waals surface area contributed by atoms with Crippen molar-refractivity contribution < 1.29 is 23.9 Å². The van der Waals surface area contributed by atoms with Crippen LogP contribution in [0, 0.1) is 5.92 Å².